The van der Waals surface area contributed by atoms with Crippen molar-refractivity contribution in [2.45, 2.75) is 0 Å². The lowest BCUT2D eigenvalue weighted by atomic mass is 10.1. The molecule has 6 heteroatoms. The first-order valence-electron chi connectivity index (χ1n) is 9.13. The third-order valence-corrected chi connectivity index (χ3v) is 4.64. The van der Waals surface area contributed by atoms with Crippen LogP contribution in [0.2, 0.25) is 0 Å². The van der Waals surface area contributed by atoms with Crippen LogP contribution in [0.4, 0.5) is 5.69 Å². The van der Waals surface area contributed by atoms with Crippen LogP contribution >= 0.6 is 0 Å². The Balaban J connectivity index is 1.41. The first kappa shape index (κ1) is 18.4. The molecule has 1 N–H and O–H groups in total. The maximum absolute atomic E-state index is 12.1. The number of para-hydroxylation sites is 1. The average Bonchev–Trinajstić information content (AvgIpc) is 3.02. The Morgan fingerprint density at radius 3 is 2.34 bits per heavy atom. The summed E-state index contributed by atoms with van der Waals surface area (Å²) >= 11 is 0. The molecule has 0 saturated carbocycles. The molecule has 0 saturated heterocycles. The summed E-state index contributed by atoms with van der Waals surface area (Å²) in [4.78, 5) is 12.1. The van der Waals surface area contributed by atoms with E-state index in [9.17, 15) is 9.90 Å². The molecular formula is C23H19N3O3. The maximum Gasteiger partial charge on any atom is 0.302 e. The fourth-order valence-corrected chi connectivity index (χ4v) is 3.11. The van der Waals surface area contributed by atoms with Crippen LogP contribution in [0.1, 0.15) is 0 Å². The first-order chi connectivity index (χ1) is 14.1. The van der Waals surface area contributed by atoms with Gasteiger partial charge in [-0.25, -0.2) is 0 Å². The fraction of sp³-hybridized carbons (Fsp3) is 0.0870. The molecule has 1 heterocycles. The van der Waals surface area contributed by atoms with Gasteiger partial charge in [-0.2, -0.15) is 0 Å². The highest BCUT2D eigenvalue weighted by atomic mass is 16.5. The number of benzene rings is 3. The molecular weight excluding hydrogens is 366 g/mol. The van der Waals surface area contributed by atoms with Crippen molar-refractivity contribution in [2.24, 2.45) is 17.3 Å². The van der Waals surface area contributed by atoms with Crippen molar-refractivity contribution in [3.05, 3.63) is 78.9 Å². The largest absolute Gasteiger partial charge is 0.493 e. The summed E-state index contributed by atoms with van der Waals surface area (Å²) in [5.41, 5.74) is 3.25. The summed E-state index contributed by atoms with van der Waals surface area (Å²) in [5, 5.41) is 18.6. The molecule has 0 fully saturated rings. The van der Waals surface area contributed by atoms with Gasteiger partial charge in [0.15, 0.2) is 12.3 Å². The average molecular weight is 385 g/mol. The van der Waals surface area contributed by atoms with Crippen molar-refractivity contribution < 1.29 is 14.6 Å². The number of aromatic hydroxyl groups is 1. The second-order valence-electron chi connectivity index (χ2n) is 6.52. The van der Waals surface area contributed by atoms with Crippen LogP contribution in [0, 0.1) is 0 Å². The third-order valence-electron chi connectivity index (χ3n) is 4.64. The van der Waals surface area contributed by atoms with Crippen molar-refractivity contribution >= 4 is 22.5 Å². The Hall–Kier alpha value is -3.93. The Bertz CT molecular complexity index is 1180. The molecule has 0 aliphatic carbocycles. The van der Waals surface area contributed by atoms with Crippen LogP contribution in [0.5, 0.6) is 11.6 Å². The first-order valence-corrected chi connectivity index (χ1v) is 9.13. The molecule has 0 spiro atoms. The number of azo groups is 1. The predicted octanol–water partition coefficient (Wildman–Crippen LogP) is 5.24. The highest BCUT2D eigenvalue weighted by Gasteiger charge is 2.14. The van der Waals surface area contributed by atoms with Gasteiger partial charge in [0.2, 0.25) is 5.88 Å². The van der Waals surface area contributed by atoms with Crippen LogP contribution in [-0.4, -0.2) is 22.2 Å². The molecule has 0 bridgehead atoms. The van der Waals surface area contributed by atoms with Crippen LogP contribution < -0.4 is 4.74 Å². The monoisotopic (exact) mass is 385 g/mol. The number of amides is 1. The molecule has 0 atom stereocenters. The lowest BCUT2D eigenvalue weighted by molar-refractivity contribution is -0.120. The molecule has 0 aliphatic rings. The molecule has 1 amide bonds. The topological polar surface area (TPSA) is 76.2 Å². The molecule has 3 aromatic carbocycles. The minimum absolute atomic E-state index is 0.0415. The van der Waals surface area contributed by atoms with E-state index in [0.717, 1.165) is 22.0 Å². The van der Waals surface area contributed by atoms with E-state index < -0.39 is 5.91 Å². The zero-order valence-electron chi connectivity index (χ0n) is 15.8. The van der Waals surface area contributed by atoms with Crippen LogP contribution in [0.15, 0.2) is 89.1 Å². The molecule has 0 radical (unpaired) electrons. The van der Waals surface area contributed by atoms with Gasteiger partial charge in [0.05, 0.1) is 5.52 Å². The quantitative estimate of drug-likeness (QED) is 0.477. The lowest BCUT2D eigenvalue weighted by Crippen LogP contribution is -2.07. The summed E-state index contributed by atoms with van der Waals surface area (Å²) in [6, 6.07) is 24.9. The SMILES string of the molecule is Cn1c(O)c(N=NC(=O)COc2ccc(-c3ccccc3)cc2)c2ccccc21. The van der Waals surface area contributed by atoms with Gasteiger partial charge in [0, 0.05) is 12.4 Å². The van der Waals surface area contributed by atoms with E-state index in [1.807, 2.05) is 78.9 Å². The zero-order chi connectivity index (χ0) is 20.2. The van der Waals surface area contributed by atoms with E-state index >= 15 is 0 Å². The van der Waals surface area contributed by atoms with Crippen molar-refractivity contribution in [3.8, 4) is 22.8 Å². The Morgan fingerprint density at radius 2 is 1.59 bits per heavy atom. The molecule has 0 aliphatic heterocycles. The Morgan fingerprint density at radius 1 is 0.931 bits per heavy atom. The number of rotatable bonds is 5. The normalized spacial score (nSPS) is 11.2. The molecule has 0 unspecified atom stereocenters. The molecule has 6 nitrogen and oxygen atoms in total. The summed E-state index contributed by atoms with van der Waals surface area (Å²) in [5.74, 6) is -0.00845. The molecule has 4 aromatic rings. The minimum Gasteiger partial charge on any atom is -0.493 e. The number of aryl methyl sites for hydroxylation is 1. The number of hydrogen-bond acceptors (Lipinski definition) is 4. The molecule has 29 heavy (non-hydrogen) atoms. The number of carbonyl (C=O) groups excluding carboxylic acids is 1. The van der Waals surface area contributed by atoms with Crippen LogP contribution in [0.25, 0.3) is 22.0 Å². The number of fused-ring (bicyclic) bond motifs is 1. The molecule has 4 rings (SSSR count). The van der Waals surface area contributed by atoms with E-state index in [0.29, 0.717) is 5.75 Å². The lowest BCUT2D eigenvalue weighted by Gasteiger charge is -2.05. The number of carbonyl (C=O) groups is 1. The van der Waals surface area contributed by atoms with E-state index in [1.165, 1.54) is 0 Å². The van der Waals surface area contributed by atoms with Gasteiger partial charge >= 0.3 is 5.91 Å². The van der Waals surface area contributed by atoms with Gasteiger partial charge in [-0.05, 0) is 29.3 Å². The highest BCUT2D eigenvalue weighted by Crippen LogP contribution is 2.37. The number of nitrogens with zero attached hydrogens (tertiary/aromatic N) is 3. The summed E-state index contributed by atoms with van der Waals surface area (Å²) in [7, 11) is 1.72. The van der Waals surface area contributed by atoms with Crippen molar-refractivity contribution in [2.75, 3.05) is 6.61 Å². The minimum atomic E-state index is -0.538. The second kappa shape index (κ2) is 7.98. The predicted molar refractivity (Wildman–Crippen MR) is 111 cm³/mol. The van der Waals surface area contributed by atoms with Gasteiger partial charge in [-0.1, -0.05) is 60.7 Å². The maximum atomic E-state index is 12.1. The zero-order valence-corrected chi connectivity index (χ0v) is 15.8. The molecule has 144 valence electrons. The number of ether oxygens (including phenoxy) is 1. The second-order valence-corrected chi connectivity index (χ2v) is 6.52. The summed E-state index contributed by atoms with van der Waals surface area (Å²) < 4.78 is 7.10. The van der Waals surface area contributed by atoms with Gasteiger partial charge in [0.1, 0.15) is 5.75 Å². The van der Waals surface area contributed by atoms with E-state index in [4.69, 9.17) is 4.74 Å². The number of aromatic nitrogens is 1. The summed E-state index contributed by atoms with van der Waals surface area (Å²) in [6.07, 6.45) is 0. The van der Waals surface area contributed by atoms with Gasteiger partial charge < -0.3 is 14.4 Å². The van der Waals surface area contributed by atoms with E-state index in [2.05, 4.69) is 10.2 Å². The number of hydrogen-bond donors (Lipinski definition) is 1. The highest BCUT2D eigenvalue weighted by molar-refractivity contribution is 5.95. The van der Waals surface area contributed by atoms with E-state index in [-0.39, 0.29) is 18.2 Å². The smallest absolute Gasteiger partial charge is 0.302 e. The van der Waals surface area contributed by atoms with Crippen LogP contribution in [-0.2, 0) is 11.8 Å². The Labute approximate surface area is 167 Å². The van der Waals surface area contributed by atoms with Gasteiger partial charge in [-0.3, -0.25) is 4.79 Å². The summed E-state index contributed by atoms with van der Waals surface area (Å²) in [6.45, 7) is -0.236. The van der Waals surface area contributed by atoms with E-state index in [1.54, 1.807) is 11.6 Å². The molecule has 1 aromatic heterocycles. The fourth-order valence-electron chi connectivity index (χ4n) is 3.11. The van der Waals surface area contributed by atoms with Crippen LogP contribution in [0.3, 0.4) is 0 Å². The standard InChI is InChI=1S/C23H19N3O3/c1-26-20-10-6-5-9-19(20)22(23(26)28)25-24-21(27)15-29-18-13-11-17(12-14-18)16-7-3-2-4-8-16/h2-14,28H,15H2,1H3. The Kier molecular flexibility index (Phi) is 5.07. The van der Waals surface area contributed by atoms with Gasteiger partial charge in [-0.15, -0.1) is 10.2 Å². The van der Waals surface area contributed by atoms with Crippen molar-refractivity contribution in [3.63, 3.8) is 0 Å². The third kappa shape index (κ3) is 3.87. The van der Waals surface area contributed by atoms with Gasteiger partial charge in [0.25, 0.3) is 0 Å². The van der Waals surface area contributed by atoms with Crippen molar-refractivity contribution in [1.29, 1.82) is 0 Å². The van der Waals surface area contributed by atoms with Crippen molar-refractivity contribution in [1.82, 2.24) is 4.57 Å².